The molecule has 0 saturated carbocycles. The lowest BCUT2D eigenvalue weighted by atomic mass is 10.1. The Bertz CT molecular complexity index is 171. The van der Waals surface area contributed by atoms with Crippen LogP contribution in [0.15, 0.2) is 0 Å². The Labute approximate surface area is 86.8 Å². The molecule has 0 radical (unpaired) electrons. The normalized spacial score (nSPS) is 27.9. The van der Waals surface area contributed by atoms with E-state index >= 15 is 0 Å². The van der Waals surface area contributed by atoms with E-state index in [0.717, 1.165) is 25.9 Å². The van der Waals surface area contributed by atoms with E-state index in [0.29, 0.717) is 12.0 Å². The standard InChI is InChI=1S/C11H23NO2/c1-9(8-13)6-12-7-10-4-5-11(2,3)14-10/h9-10,12-13H,4-8H2,1-3H3. The Morgan fingerprint density at radius 2 is 2.29 bits per heavy atom. The second kappa shape index (κ2) is 5.10. The fourth-order valence-corrected chi connectivity index (χ4v) is 1.78. The van der Waals surface area contributed by atoms with Gasteiger partial charge in [0.1, 0.15) is 0 Å². The molecule has 0 aromatic heterocycles. The third-order valence-electron chi connectivity index (χ3n) is 2.73. The summed E-state index contributed by atoms with van der Waals surface area (Å²) in [5, 5.41) is 12.2. The molecule has 2 atom stereocenters. The van der Waals surface area contributed by atoms with Gasteiger partial charge < -0.3 is 15.2 Å². The van der Waals surface area contributed by atoms with E-state index in [1.807, 2.05) is 6.92 Å². The molecule has 2 unspecified atom stereocenters. The first kappa shape index (κ1) is 12.0. The Balaban J connectivity index is 2.09. The molecule has 1 heterocycles. The maximum Gasteiger partial charge on any atom is 0.0707 e. The summed E-state index contributed by atoms with van der Waals surface area (Å²) in [5.74, 6) is 0.337. The topological polar surface area (TPSA) is 41.5 Å². The molecule has 84 valence electrons. The van der Waals surface area contributed by atoms with Crippen LogP contribution in [0.2, 0.25) is 0 Å². The second-order valence-electron chi connectivity index (χ2n) is 4.98. The predicted octanol–water partition coefficient (Wildman–Crippen LogP) is 1.16. The SMILES string of the molecule is CC(CO)CNCC1CCC(C)(C)O1. The fourth-order valence-electron chi connectivity index (χ4n) is 1.78. The smallest absolute Gasteiger partial charge is 0.0707 e. The summed E-state index contributed by atoms with van der Waals surface area (Å²) in [6, 6.07) is 0. The van der Waals surface area contributed by atoms with Crippen LogP contribution < -0.4 is 5.32 Å². The zero-order chi connectivity index (χ0) is 10.6. The average molecular weight is 201 g/mol. The number of aliphatic hydroxyl groups excluding tert-OH is 1. The minimum atomic E-state index is 0.0644. The monoisotopic (exact) mass is 201 g/mol. The first-order valence-electron chi connectivity index (χ1n) is 5.53. The van der Waals surface area contributed by atoms with E-state index in [2.05, 4.69) is 19.2 Å². The van der Waals surface area contributed by atoms with Gasteiger partial charge in [0, 0.05) is 13.2 Å². The molecular weight excluding hydrogens is 178 g/mol. The number of aliphatic hydroxyl groups is 1. The number of rotatable bonds is 5. The molecule has 2 N–H and O–H groups in total. The molecule has 1 fully saturated rings. The predicted molar refractivity (Wildman–Crippen MR) is 57.3 cm³/mol. The van der Waals surface area contributed by atoms with E-state index in [4.69, 9.17) is 9.84 Å². The zero-order valence-electron chi connectivity index (χ0n) is 9.55. The van der Waals surface area contributed by atoms with Gasteiger partial charge in [0.15, 0.2) is 0 Å². The van der Waals surface area contributed by atoms with Crippen molar-refractivity contribution in [3.63, 3.8) is 0 Å². The van der Waals surface area contributed by atoms with E-state index < -0.39 is 0 Å². The lowest BCUT2D eigenvalue weighted by molar-refractivity contribution is -0.0145. The van der Waals surface area contributed by atoms with Crippen molar-refractivity contribution < 1.29 is 9.84 Å². The minimum absolute atomic E-state index is 0.0644. The van der Waals surface area contributed by atoms with Crippen LogP contribution in [0.5, 0.6) is 0 Å². The van der Waals surface area contributed by atoms with Crippen molar-refractivity contribution in [3.8, 4) is 0 Å². The van der Waals surface area contributed by atoms with Gasteiger partial charge in [-0.15, -0.1) is 0 Å². The number of ether oxygens (including phenoxy) is 1. The largest absolute Gasteiger partial charge is 0.396 e. The molecule has 0 aromatic carbocycles. The van der Waals surface area contributed by atoms with Gasteiger partial charge in [0.05, 0.1) is 11.7 Å². The molecule has 1 saturated heterocycles. The highest BCUT2D eigenvalue weighted by molar-refractivity contribution is 4.81. The van der Waals surface area contributed by atoms with Crippen LogP contribution in [0.4, 0.5) is 0 Å². The van der Waals surface area contributed by atoms with Crippen molar-refractivity contribution in [3.05, 3.63) is 0 Å². The third-order valence-corrected chi connectivity index (χ3v) is 2.73. The molecule has 3 heteroatoms. The summed E-state index contributed by atoms with van der Waals surface area (Å²) < 4.78 is 5.84. The van der Waals surface area contributed by atoms with Crippen molar-refractivity contribution in [2.45, 2.75) is 45.3 Å². The van der Waals surface area contributed by atoms with Gasteiger partial charge in [-0.3, -0.25) is 0 Å². The molecular formula is C11H23NO2. The van der Waals surface area contributed by atoms with E-state index in [-0.39, 0.29) is 12.2 Å². The highest BCUT2D eigenvalue weighted by atomic mass is 16.5. The quantitative estimate of drug-likeness (QED) is 0.701. The van der Waals surface area contributed by atoms with Crippen molar-refractivity contribution in [1.29, 1.82) is 0 Å². The van der Waals surface area contributed by atoms with Crippen LogP contribution in [0, 0.1) is 5.92 Å². The van der Waals surface area contributed by atoms with Crippen LogP contribution in [-0.2, 0) is 4.74 Å². The Morgan fingerprint density at radius 3 is 2.79 bits per heavy atom. The van der Waals surface area contributed by atoms with Crippen LogP contribution in [0.3, 0.4) is 0 Å². The first-order chi connectivity index (χ1) is 6.53. The maximum absolute atomic E-state index is 8.84. The van der Waals surface area contributed by atoms with Gasteiger partial charge in [-0.05, 0) is 39.2 Å². The molecule has 0 spiro atoms. The Kier molecular flexibility index (Phi) is 4.35. The highest BCUT2D eigenvalue weighted by Crippen LogP contribution is 2.28. The third kappa shape index (κ3) is 3.95. The average Bonchev–Trinajstić information content (AvgIpc) is 2.45. The summed E-state index contributed by atoms with van der Waals surface area (Å²) in [6.45, 7) is 8.35. The summed E-state index contributed by atoms with van der Waals surface area (Å²) in [4.78, 5) is 0. The Morgan fingerprint density at radius 1 is 1.57 bits per heavy atom. The van der Waals surface area contributed by atoms with Crippen LogP contribution in [-0.4, -0.2) is 36.5 Å². The molecule has 0 bridgehead atoms. The number of nitrogens with one attached hydrogen (secondary N) is 1. The molecule has 1 aliphatic rings. The molecule has 0 amide bonds. The maximum atomic E-state index is 8.84. The lowest BCUT2D eigenvalue weighted by Gasteiger charge is -2.20. The van der Waals surface area contributed by atoms with Gasteiger partial charge in [0.25, 0.3) is 0 Å². The molecule has 0 aliphatic carbocycles. The summed E-state index contributed by atoms with van der Waals surface area (Å²) >= 11 is 0. The minimum Gasteiger partial charge on any atom is -0.396 e. The number of hydrogen-bond donors (Lipinski definition) is 2. The molecule has 3 nitrogen and oxygen atoms in total. The molecule has 1 rings (SSSR count). The summed E-state index contributed by atoms with van der Waals surface area (Å²) in [6.07, 6.45) is 2.65. The van der Waals surface area contributed by atoms with Crippen LogP contribution >= 0.6 is 0 Å². The van der Waals surface area contributed by atoms with E-state index in [1.165, 1.54) is 0 Å². The molecule has 1 aliphatic heterocycles. The van der Waals surface area contributed by atoms with Crippen molar-refractivity contribution in [2.24, 2.45) is 5.92 Å². The van der Waals surface area contributed by atoms with Gasteiger partial charge in [-0.1, -0.05) is 6.92 Å². The molecule has 0 aromatic rings. The van der Waals surface area contributed by atoms with E-state index in [9.17, 15) is 0 Å². The fraction of sp³-hybridized carbons (Fsp3) is 1.00. The van der Waals surface area contributed by atoms with Crippen LogP contribution in [0.1, 0.15) is 33.6 Å². The highest BCUT2D eigenvalue weighted by Gasteiger charge is 2.31. The van der Waals surface area contributed by atoms with Crippen molar-refractivity contribution in [2.75, 3.05) is 19.7 Å². The summed E-state index contributed by atoms with van der Waals surface area (Å²) in [5.41, 5.74) is 0.0644. The van der Waals surface area contributed by atoms with Crippen molar-refractivity contribution in [1.82, 2.24) is 5.32 Å². The van der Waals surface area contributed by atoms with Crippen molar-refractivity contribution >= 4 is 0 Å². The van der Waals surface area contributed by atoms with Gasteiger partial charge >= 0.3 is 0 Å². The molecule has 14 heavy (non-hydrogen) atoms. The lowest BCUT2D eigenvalue weighted by Crippen LogP contribution is -2.32. The Hall–Kier alpha value is -0.120. The van der Waals surface area contributed by atoms with Gasteiger partial charge in [-0.25, -0.2) is 0 Å². The van der Waals surface area contributed by atoms with E-state index in [1.54, 1.807) is 0 Å². The second-order valence-corrected chi connectivity index (χ2v) is 4.98. The zero-order valence-corrected chi connectivity index (χ0v) is 9.55. The summed E-state index contributed by atoms with van der Waals surface area (Å²) in [7, 11) is 0. The van der Waals surface area contributed by atoms with Gasteiger partial charge in [0.2, 0.25) is 0 Å². The number of hydrogen-bond acceptors (Lipinski definition) is 3. The first-order valence-corrected chi connectivity index (χ1v) is 5.53. The van der Waals surface area contributed by atoms with Crippen LogP contribution in [0.25, 0.3) is 0 Å². The van der Waals surface area contributed by atoms with Gasteiger partial charge in [-0.2, -0.15) is 0 Å².